The molecule has 0 saturated heterocycles. The fraction of sp³-hybridized carbons (Fsp3) is 0.143. The van der Waals surface area contributed by atoms with E-state index >= 15 is 0 Å². The molecule has 0 spiro atoms. The Morgan fingerprint density at radius 2 is 0.968 bits per heavy atom. The van der Waals surface area contributed by atoms with Gasteiger partial charge in [0.25, 0.3) is 11.4 Å². The monoisotopic (exact) mass is 540 g/mol. The van der Waals surface area contributed by atoms with Crippen LogP contribution < -0.4 is 0 Å². The van der Waals surface area contributed by atoms with Gasteiger partial charge in [0.15, 0.2) is 0 Å². The molecule has 31 heavy (non-hydrogen) atoms. The maximum Gasteiger partial charge on any atom is 2.00 e. The van der Waals surface area contributed by atoms with Crippen molar-refractivity contribution in [2.75, 3.05) is 0 Å². The van der Waals surface area contributed by atoms with Crippen molar-refractivity contribution in [1.29, 1.82) is 0 Å². The number of nitrogens with zero attached hydrogens (tertiary/aromatic N) is 2. The summed E-state index contributed by atoms with van der Waals surface area (Å²) in [4.78, 5) is 17.3. The Morgan fingerprint density at radius 3 is 1.16 bits per heavy atom. The van der Waals surface area contributed by atoms with Crippen LogP contribution in [0.3, 0.4) is 0 Å². The van der Waals surface area contributed by atoms with Crippen LogP contribution in [0, 0.1) is 34.1 Å². The molecule has 0 aliphatic rings. The van der Waals surface area contributed by atoms with E-state index in [-0.39, 0.29) is 47.8 Å². The number of hydrogen-bond donors (Lipinski definition) is 0. The van der Waals surface area contributed by atoms with Gasteiger partial charge in [-0.05, 0) is 37.1 Å². The van der Waals surface area contributed by atoms with Gasteiger partial charge < -0.3 is 9.11 Å². The fourth-order valence-corrected chi connectivity index (χ4v) is 3.74. The van der Waals surface area contributed by atoms with E-state index in [1.165, 1.54) is 13.8 Å². The zero-order valence-electron chi connectivity index (χ0n) is 15.6. The molecule has 0 amide bonds. The Balaban J connectivity index is 0.000000562. The van der Waals surface area contributed by atoms with E-state index in [1.54, 1.807) is 0 Å². The first-order valence-corrected chi connectivity index (χ1v) is 10.8. The minimum Gasteiger partial charge on any atom is -0.744 e. The first-order chi connectivity index (χ1) is 13.5. The van der Waals surface area contributed by atoms with Gasteiger partial charge >= 0.3 is 37.7 Å². The Hall–Kier alpha value is -1.10. The summed E-state index contributed by atoms with van der Waals surface area (Å²) in [6.07, 6.45) is 0. The smallest absolute Gasteiger partial charge is 0.744 e. The number of aryl methyl sites for hydroxylation is 2. The quantitative estimate of drug-likeness (QED) is 0.240. The average molecular weight is 541 g/mol. The van der Waals surface area contributed by atoms with Gasteiger partial charge in [0.05, 0.1) is 9.85 Å². The van der Waals surface area contributed by atoms with E-state index in [0.29, 0.717) is 11.1 Å². The Kier molecular flexibility index (Phi) is 10.8. The summed E-state index contributed by atoms with van der Waals surface area (Å²) in [5.41, 5.74) is -0.856. The zero-order valence-corrected chi connectivity index (χ0v) is 20.9. The molecule has 0 radical (unpaired) electrons. The van der Waals surface area contributed by atoms with Crippen molar-refractivity contribution in [1.82, 2.24) is 0 Å². The topological polar surface area (TPSA) is 201 Å². The molecule has 0 unspecified atom stereocenters. The summed E-state index contributed by atoms with van der Waals surface area (Å²) in [6.45, 7) is 2.94. The molecule has 0 fully saturated rings. The van der Waals surface area contributed by atoms with Crippen LogP contribution in [0.25, 0.3) is 0 Å². The fourth-order valence-electron chi connectivity index (χ4n) is 1.98. The van der Waals surface area contributed by atoms with E-state index in [9.17, 15) is 46.2 Å². The molecule has 0 N–H and O–H groups in total. The first-order valence-electron chi connectivity index (χ1n) is 7.27. The van der Waals surface area contributed by atoms with Crippen LogP contribution in [-0.4, -0.2) is 73.5 Å². The van der Waals surface area contributed by atoms with Crippen molar-refractivity contribution < 1.29 is 35.8 Å². The molecule has 0 aliphatic heterocycles. The van der Waals surface area contributed by atoms with Gasteiger partial charge in [0.2, 0.25) is 0 Å². The van der Waals surface area contributed by atoms with Crippen molar-refractivity contribution >= 4 is 92.6 Å². The van der Waals surface area contributed by atoms with E-state index in [0.717, 1.165) is 24.3 Å². The zero-order chi connectivity index (χ0) is 23.6. The third-order valence-electron chi connectivity index (χ3n) is 3.41. The molecule has 2 rings (SSSR count). The molecule has 164 valence electrons. The molecule has 0 atom stereocenters. The van der Waals surface area contributed by atoms with E-state index < -0.39 is 51.2 Å². The summed E-state index contributed by atoms with van der Waals surface area (Å²) in [6, 6.07) is 3.48. The van der Waals surface area contributed by atoms with Crippen molar-refractivity contribution in [2.45, 2.75) is 23.6 Å². The number of halogens is 2. The second kappa shape index (κ2) is 11.2. The van der Waals surface area contributed by atoms with Crippen LogP contribution in [0.4, 0.5) is 11.4 Å². The van der Waals surface area contributed by atoms with Crippen LogP contribution in [0.1, 0.15) is 11.1 Å². The van der Waals surface area contributed by atoms with Crippen molar-refractivity contribution in [3.63, 3.8) is 0 Å². The maximum atomic E-state index is 10.7. The van der Waals surface area contributed by atoms with E-state index in [2.05, 4.69) is 0 Å². The van der Waals surface area contributed by atoms with Gasteiger partial charge in [-0.15, -0.1) is 0 Å². The third-order valence-corrected chi connectivity index (χ3v) is 5.96. The van der Waals surface area contributed by atoms with Crippen molar-refractivity contribution in [3.05, 3.63) is 65.7 Å². The Labute approximate surface area is 216 Å². The Morgan fingerprint density at radius 1 is 0.710 bits per heavy atom. The molecule has 0 aromatic heterocycles. The summed E-state index contributed by atoms with van der Waals surface area (Å²) >= 11 is 11.1. The van der Waals surface area contributed by atoms with Gasteiger partial charge in [0.1, 0.15) is 30.0 Å². The molecule has 2 aromatic rings. The molecule has 0 bridgehead atoms. The van der Waals surface area contributed by atoms with Gasteiger partial charge in [-0.1, -0.05) is 23.2 Å². The molecule has 12 nitrogen and oxygen atoms in total. The predicted octanol–water partition coefficient (Wildman–Crippen LogP) is 2.54. The Bertz CT molecular complexity index is 1150. The molecular formula is C14H10CaCl2N2O10S2. The number of nitro groups is 2. The first kappa shape index (κ1) is 29.9. The number of rotatable bonds is 4. The van der Waals surface area contributed by atoms with Crippen LogP contribution in [0.5, 0.6) is 0 Å². The standard InChI is InChI=1S/2C7H6ClNO5S.Ca/c2*1-4-2-6(9(10)11)7(3-5(4)8)15(12,13)14;/h2*2-3H,1H3,(H,12,13,14);/q;;+2/p-2. The van der Waals surface area contributed by atoms with E-state index in [4.69, 9.17) is 23.2 Å². The number of benzene rings is 2. The minimum absolute atomic E-state index is 0. The van der Waals surface area contributed by atoms with E-state index in [1.807, 2.05) is 0 Å². The van der Waals surface area contributed by atoms with Gasteiger partial charge in [-0.2, -0.15) is 0 Å². The normalized spacial score (nSPS) is 11.0. The summed E-state index contributed by atoms with van der Waals surface area (Å²) in [5.74, 6) is 0. The second-order valence-corrected chi connectivity index (χ2v) is 9.07. The maximum absolute atomic E-state index is 10.7. The average Bonchev–Trinajstić information content (AvgIpc) is 2.57. The summed E-state index contributed by atoms with van der Waals surface area (Å²) < 4.78 is 64.2. The third kappa shape index (κ3) is 8.07. The van der Waals surface area contributed by atoms with Crippen molar-refractivity contribution in [2.24, 2.45) is 0 Å². The molecular weight excluding hydrogens is 531 g/mol. The van der Waals surface area contributed by atoms with Crippen LogP contribution in [-0.2, 0) is 20.2 Å². The van der Waals surface area contributed by atoms with Crippen LogP contribution >= 0.6 is 23.2 Å². The number of hydrogen-bond acceptors (Lipinski definition) is 10. The molecule has 2 aromatic carbocycles. The second-order valence-electron chi connectivity index (χ2n) is 5.56. The van der Waals surface area contributed by atoms with Crippen LogP contribution in [0.2, 0.25) is 10.0 Å². The minimum atomic E-state index is -4.89. The largest absolute Gasteiger partial charge is 2.00 e. The van der Waals surface area contributed by atoms with Crippen molar-refractivity contribution in [3.8, 4) is 0 Å². The molecule has 17 heteroatoms. The molecule has 0 heterocycles. The number of nitro benzene ring substituents is 2. The SMILES string of the molecule is Cc1cc([N+](=O)[O-])c(S(=O)(=O)[O-])cc1Cl.Cc1cc([N+](=O)[O-])c(S(=O)(=O)[O-])cc1Cl.[Ca+2]. The van der Waals surface area contributed by atoms with Crippen LogP contribution in [0.15, 0.2) is 34.1 Å². The van der Waals surface area contributed by atoms with Gasteiger partial charge in [-0.25, -0.2) is 16.8 Å². The predicted molar refractivity (Wildman–Crippen MR) is 107 cm³/mol. The summed E-state index contributed by atoms with van der Waals surface area (Å²) in [5, 5.41) is 21.0. The van der Waals surface area contributed by atoms with Gasteiger partial charge in [-0.3, -0.25) is 20.2 Å². The summed E-state index contributed by atoms with van der Waals surface area (Å²) in [7, 11) is -9.79. The molecule has 0 saturated carbocycles. The van der Waals surface area contributed by atoms with Gasteiger partial charge in [0, 0.05) is 22.2 Å². The molecule has 0 aliphatic carbocycles.